The van der Waals surface area contributed by atoms with Gasteiger partial charge in [0, 0.05) is 13.8 Å². The molecule has 0 bridgehead atoms. The molecule has 0 radical (unpaired) electrons. The van der Waals surface area contributed by atoms with Crippen LogP contribution in [0.15, 0.2) is 24.3 Å². The molecule has 1 amide bonds. The number of amides is 1. The van der Waals surface area contributed by atoms with E-state index >= 15 is 0 Å². The van der Waals surface area contributed by atoms with Gasteiger partial charge in [-0.15, -0.1) is 0 Å². The van der Waals surface area contributed by atoms with Gasteiger partial charge in [-0.3, -0.25) is 4.90 Å². The Morgan fingerprint density at radius 2 is 1.65 bits per heavy atom. The monoisotopic (exact) mass is 434 g/mol. The first kappa shape index (κ1) is 23.9. The first-order valence-corrected chi connectivity index (χ1v) is 10.6. The Kier molecular flexibility index (Phi) is 5.91. The van der Waals surface area contributed by atoms with Crippen molar-refractivity contribution >= 4 is 18.7 Å². The minimum absolute atomic E-state index is 0.434. The number of ether oxygens (including phenoxy) is 2. The maximum Gasteiger partial charge on any atom is 0.494 e. The third-order valence-corrected chi connectivity index (χ3v) is 6.19. The molecule has 31 heavy (non-hydrogen) atoms. The smallest absolute Gasteiger partial charge is 0.403 e. The first-order chi connectivity index (χ1) is 14.1. The second-order valence-corrected chi connectivity index (χ2v) is 10.5. The summed E-state index contributed by atoms with van der Waals surface area (Å²) in [7, 11) is -0.484. The molecule has 0 N–H and O–H groups in total. The summed E-state index contributed by atoms with van der Waals surface area (Å²) in [4.78, 5) is 14.1. The van der Waals surface area contributed by atoms with Crippen molar-refractivity contribution in [3.05, 3.63) is 36.8 Å². The highest BCUT2D eigenvalue weighted by Gasteiger charge is 2.53. The highest BCUT2D eigenvalue weighted by molar-refractivity contribution is 6.62. The number of alkyl halides is 1. The van der Waals surface area contributed by atoms with Crippen LogP contribution < -0.4 is 5.46 Å². The Bertz CT molecular complexity index is 802. The van der Waals surface area contributed by atoms with Crippen LogP contribution in [0, 0.1) is 6.92 Å². The molecule has 0 aromatic heterocycles. The van der Waals surface area contributed by atoms with Gasteiger partial charge < -0.3 is 18.8 Å². The topological polar surface area (TPSA) is 57.2 Å². The standard InChI is InChI=1S/C23H34BFNO5/c1-20(2,3)29-19(27)26-17(14-25)18(28-23(26,8)9)15-10-12-16(13-11-15)24-30-21(4,5)22(6,7)31-24/h10-13,17-18H,1,14H2,2-9H3/q+1/t17-,18-/m1/s1. The Balaban J connectivity index is 1.82. The zero-order valence-corrected chi connectivity index (χ0v) is 19.8. The normalized spacial score (nSPS) is 26.9. The molecule has 8 heteroatoms. The molecule has 2 heterocycles. The van der Waals surface area contributed by atoms with Crippen LogP contribution in [0.2, 0.25) is 0 Å². The molecule has 2 aliphatic rings. The van der Waals surface area contributed by atoms with Crippen LogP contribution in [-0.2, 0) is 18.8 Å². The SMILES string of the molecule is [CH2+]C(C)(C)OC(=O)N1[C@H](CF)[C@@H](c2ccc(B3OC(C)(C)C(C)(C)O3)cc2)OC1(C)C. The Morgan fingerprint density at radius 3 is 2.10 bits per heavy atom. The summed E-state index contributed by atoms with van der Waals surface area (Å²) in [5, 5.41) is 0. The molecule has 2 saturated heterocycles. The number of carbonyl (C=O) groups excluding carboxylic acids is 1. The summed E-state index contributed by atoms with van der Waals surface area (Å²) in [6, 6.07) is 6.70. The fourth-order valence-corrected chi connectivity index (χ4v) is 3.88. The number of benzene rings is 1. The summed E-state index contributed by atoms with van der Waals surface area (Å²) in [5.74, 6) is 0. The first-order valence-electron chi connectivity index (χ1n) is 10.6. The number of rotatable bonds is 4. The summed E-state index contributed by atoms with van der Waals surface area (Å²) in [5.41, 5.74) is -1.20. The lowest BCUT2D eigenvalue weighted by molar-refractivity contribution is -0.0777. The molecule has 2 aliphatic heterocycles. The quantitative estimate of drug-likeness (QED) is 0.526. The fraction of sp³-hybridized carbons (Fsp3) is 0.652. The molecule has 0 saturated carbocycles. The third kappa shape index (κ3) is 4.57. The summed E-state index contributed by atoms with van der Waals surface area (Å²) in [6.07, 6.45) is -1.28. The zero-order valence-electron chi connectivity index (χ0n) is 19.8. The van der Waals surface area contributed by atoms with E-state index in [1.54, 1.807) is 27.7 Å². The highest BCUT2D eigenvalue weighted by atomic mass is 19.1. The van der Waals surface area contributed by atoms with Crippen LogP contribution >= 0.6 is 0 Å². The molecule has 2 atom stereocenters. The zero-order chi connectivity index (χ0) is 23.4. The van der Waals surface area contributed by atoms with Gasteiger partial charge in [0.05, 0.1) is 17.2 Å². The summed E-state index contributed by atoms with van der Waals surface area (Å²) >= 11 is 0. The van der Waals surface area contributed by atoms with Crippen LogP contribution in [-0.4, -0.2) is 53.4 Å². The molecule has 1 aromatic carbocycles. The minimum Gasteiger partial charge on any atom is -0.403 e. The second kappa shape index (κ2) is 7.68. The van der Waals surface area contributed by atoms with Gasteiger partial charge in [-0.2, -0.15) is 0 Å². The second-order valence-electron chi connectivity index (χ2n) is 10.5. The summed E-state index contributed by atoms with van der Waals surface area (Å²) in [6.45, 7) is 17.8. The molecular formula is C23H34BFNO5+. The molecule has 1 aromatic rings. The molecule has 2 fully saturated rings. The van der Waals surface area contributed by atoms with E-state index in [1.807, 2.05) is 52.0 Å². The number of carbonyl (C=O) groups is 1. The van der Waals surface area contributed by atoms with Crippen LogP contribution in [0.25, 0.3) is 0 Å². The van der Waals surface area contributed by atoms with Crippen LogP contribution in [0.5, 0.6) is 0 Å². The average molecular weight is 434 g/mol. The fourth-order valence-electron chi connectivity index (χ4n) is 3.88. The predicted molar refractivity (Wildman–Crippen MR) is 118 cm³/mol. The summed E-state index contributed by atoms with van der Waals surface area (Å²) < 4.78 is 37.8. The lowest BCUT2D eigenvalue weighted by Gasteiger charge is -2.32. The molecule has 0 unspecified atom stereocenters. The third-order valence-electron chi connectivity index (χ3n) is 6.19. The van der Waals surface area contributed by atoms with Gasteiger partial charge in [-0.25, -0.2) is 9.18 Å². The van der Waals surface area contributed by atoms with Gasteiger partial charge in [-0.1, -0.05) is 24.3 Å². The average Bonchev–Trinajstić information content (AvgIpc) is 3.01. The van der Waals surface area contributed by atoms with Gasteiger partial charge in [0.2, 0.25) is 5.60 Å². The largest absolute Gasteiger partial charge is 0.494 e. The van der Waals surface area contributed by atoms with Crippen molar-refractivity contribution in [1.29, 1.82) is 0 Å². The lowest BCUT2D eigenvalue weighted by atomic mass is 9.78. The van der Waals surface area contributed by atoms with Crippen LogP contribution in [0.3, 0.4) is 0 Å². The van der Waals surface area contributed by atoms with E-state index in [4.69, 9.17) is 18.8 Å². The van der Waals surface area contributed by atoms with E-state index in [-0.39, 0.29) is 0 Å². The number of hydrogen-bond donors (Lipinski definition) is 0. The van der Waals surface area contributed by atoms with Gasteiger partial charge in [0.1, 0.15) is 25.4 Å². The van der Waals surface area contributed by atoms with Crippen LogP contribution in [0.1, 0.15) is 67.1 Å². The van der Waals surface area contributed by atoms with E-state index in [0.717, 1.165) is 11.0 Å². The number of nitrogens with zero attached hydrogens (tertiary/aromatic N) is 1. The van der Waals surface area contributed by atoms with Crippen molar-refractivity contribution in [2.75, 3.05) is 6.67 Å². The molecule has 0 spiro atoms. The minimum atomic E-state index is -1.03. The van der Waals surface area contributed by atoms with Crippen molar-refractivity contribution in [2.45, 2.75) is 90.1 Å². The van der Waals surface area contributed by atoms with Gasteiger partial charge in [-0.05, 0) is 52.6 Å². The molecular weight excluding hydrogens is 400 g/mol. The number of halogens is 1. The Hall–Kier alpha value is -1.77. The van der Waals surface area contributed by atoms with Crippen molar-refractivity contribution in [3.8, 4) is 0 Å². The maximum absolute atomic E-state index is 14.1. The predicted octanol–water partition coefficient (Wildman–Crippen LogP) is 4.18. The molecule has 3 rings (SSSR count). The number of hydrogen-bond acceptors (Lipinski definition) is 5. The van der Waals surface area contributed by atoms with Crippen molar-refractivity contribution in [3.63, 3.8) is 0 Å². The van der Waals surface area contributed by atoms with Crippen molar-refractivity contribution in [2.24, 2.45) is 0 Å². The van der Waals surface area contributed by atoms with Crippen molar-refractivity contribution in [1.82, 2.24) is 4.90 Å². The van der Waals surface area contributed by atoms with Gasteiger partial charge >= 0.3 is 13.2 Å². The van der Waals surface area contributed by atoms with E-state index in [9.17, 15) is 9.18 Å². The van der Waals surface area contributed by atoms with E-state index in [0.29, 0.717) is 0 Å². The molecule has 6 nitrogen and oxygen atoms in total. The van der Waals surface area contributed by atoms with Crippen molar-refractivity contribution < 1.29 is 28.0 Å². The Labute approximate surface area is 185 Å². The van der Waals surface area contributed by atoms with Gasteiger partial charge in [0.15, 0.2) is 0 Å². The Morgan fingerprint density at radius 1 is 1.13 bits per heavy atom. The lowest BCUT2D eigenvalue weighted by Crippen LogP contribution is -2.50. The van der Waals surface area contributed by atoms with E-state index < -0.39 is 54.6 Å². The molecule has 0 aliphatic carbocycles. The molecule has 170 valence electrons. The maximum atomic E-state index is 14.1. The van der Waals surface area contributed by atoms with E-state index in [2.05, 4.69) is 6.92 Å². The highest BCUT2D eigenvalue weighted by Crippen LogP contribution is 2.42. The van der Waals surface area contributed by atoms with E-state index in [1.165, 1.54) is 4.90 Å². The van der Waals surface area contributed by atoms with Gasteiger partial charge in [0.25, 0.3) is 0 Å². The van der Waals surface area contributed by atoms with Crippen LogP contribution in [0.4, 0.5) is 9.18 Å².